The Morgan fingerprint density at radius 1 is 1.33 bits per heavy atom. The second-order valence-electron chi connectivity index (χ2n) is 3.41. The number of hydrogen-bond donors (Lipinski definition) is 1. The number of nitrogens with one attached hydrogen (secondary N) is 1. The zero-order valence-corrected chi connectivity index (χ0v) is 7.51. The highest BCUT2D eigenvalue weighted by atomic mass is 14.9. The molecule has 0 radical (unpaired) electrons. The predicted octanol–water partition coefficient (Wildman–Crippen LogP) is 1.94. The molecule has 0 spiro atoms. The van der Waals surface area contributed by atoms with Gasteiger partial charge in [-0.3, -0.25) is 0 Å². The number of rotatable bonds is 2. The first kappa shape index (κ1) is 7.81. The van der Waals surface area contributed by atoms with Gasteiger partial charge in [0.15, 0.2) is 0 Å². The van der Waals surface area contributed by atoms with E-state index in [1.54, 1.807) is 5.56 Å². The molecule has 12 heavy (non-hydrogen) atoms. The first-order valence-corrected chi connectivity index (χ1v) is 4.70. The Labute approximate surface area is 73.8 Å². The standard InChI is InChI=1S/C11H15N/c1-2-9-5-3-4-6-11(9)10-7-12-8-10/h3-6,10,12H,2,7-8H2,1H3. The third-order valence-electron chi connectivity index (χ3n) is 2.66. The van der Waals surface area contributed by atoms with Gasteiger partial charge >= 0.3 is 0 Å². The number of benzene rings is 1. The van der Waals surface area contributed by atoms with E-state index in [1.165, 1.54) is 5.56 Å². The van der Waals surface area contributed by atoms with E-state index in [1.807, 2.05) is 0 Å². The fourth-order valence-electron chi connectivity index (χ4n) is 1.76. The number of hydrogen-bond acceptors (Lipinski definition) is 1. The van der Waals surface area contributed by atoms with Crippen LogP contribution in [0.2, 0.25) is 0 Å². The first-order chi connectivity index (χ1) is 5.92. The molecule has 0 atom stereocenters. The second-order valence-corrected chi connectivity index (χ2v) is 3.41. The van der Waals surface area contributed by atoms with Crippen LogP contribution in [0.5, 0.6) is 0 Å². The fourth-order valence-corrected chi connectivity index (χ4v) is 1.76. The largest absolute Gasteiger partial charge is 0.315 e. The molecule has 1 saturated heterocycles. The summed E-state index contributed by atoms with van der Waals surface area (Å²) >= 11 is 0. The van der Waals surface area contributed by atoms with Crippen LogP contribution in [0.1, 0.15) is 24.0 Å². The third kappa shape index (κ3) is 1.25. The molecule has 64 valence electrons. The number of aryl methyl sites for hydroxylation is 1. The van der Waals surface area contributed by atoms with Crippen molar-refractivity contribution in [2.24, 2.45) is 0 Å². The van der Waals surface area contributed by atoms with Crippen molar-refractivity contribution in [1.29, 1.82) is 0 Å². The van der Waals surface area contributed by atoms with E-state index in [2.05, 4.69) is 36.5 Å². The van der Waals surface area contributed by atoms with Crippen LogP contribution in [-0.2, 0) is 6.42 Å². The normalized spacial score (nSPS) is 17.4. The molecule has 0 aliphatic carbocycles. The second kappa shape index (κ2) is 3.28. The van der Waals surface area contributed by atoms with Crippen molar-refractivity contribution in [3.63, 3.8) is 0 Å². The van der Waals surface area contributed by atoms with Gasteiger partial charge in [-0.25, -0.2) is 0 Å². The molecule has 0 bridgehead atoms. The molecular weight excluding hydrogens is 146 g/mol. The zero-order valence-electron chi connectivity index (χ0n) is 7.51. The summed E-state index contributed by atoms with van der Waals surface area (Å²) in [6.45, 7) is 4.55. The van der Waals surface area contributed by atoms with Gasteiger partial charge in [-0.2, -0.15) is 0 Å². The van der Waals surface area contributed by atoms with Gasteiger partial charge < -0.3 is 5.32 Å². The summed E-state index contributed by atoms with van der Waals surface area (Å²) < 4.78 is 0. The molecule has 1 aromatic rings. The molecule has 1 nitrogen and oxygen atoms in total. The Kier molecular flexibility index (Phi) is 2.13. The quantitative estimate of drug-likeness (QED) is 0.699. The topological polar surface area (TPSA) is 12.0 Å². The molecule has 1 heterocycles. The molecule has 1 N–H and O–H groups in total. The van der Waals surface area contributed by atoms with E-state index in [0.717, 1.165) is 25.4 Å². The summed E-state index contributed by atoms with van der Waals surface area (Å²) in [5.41, 5.74) is 3.07. The Morgan fingerprint density at radius 3 is 2.67 bits per heavy atom. The molecule has 1 aliphatic heterocycles. The monoisotopic (exact) mass is 161 g/mol. The Balaban J connectivity index is 2.27. The van der Waals surface area contributed by atoms with Crippen LogP contribution in [0, 0.1) is 0 Å². The summed E-state index contributed by atoms with van der Waals surface area (Å²) in [5, 5.41) is 3.31. The molecule has 0 saturated carbocycles. The molecule has 0 unspecified atom stereocenters. The first-order valence-electron chi connectivity index (χ1n) is 4.70. The summed E-state index contributed by atoms with van der Waals surface area (Å²) in [6, 6.07) is 8.79. The average molecular weight is 161 g/mol. The van der Waals surface area contributed by atoms with E-state index in [-0.39, 0.29) is 0 Å². The van der Waals surface area contributed by atoms with Crippen LogP contribution < -0.4 is 5.32 Å². The highest BCUT2D eigenvalue weighted by Crippen LogP contribution is 2.23. The molecule has 2 rings (SSSR count). The molecule has 1 aromatic carbocycles. The van der Waals surface area contributed by atoms with Gasteiger partial charge in [-0.1, -0.05) is 31.2 Å². The van der Waals surface area contributed by atoms with Crippen molar-refractivity contribution in [2.45, 2.75) is 19.3 Å². The van der Waals surface area contributed by atoms with E-state index < -0.39 is 0 Å². The lowest BCUT2D eigenvalue weighted by molar-refractivity contribution is 0.446. The van der Waals surface area contributed by atoms with Crippen LogP contribution in [0.3, 0.4) is 0 Å². The summed E-state index contributed by atoms with van der Waals surface area (Å²) in [6.07, 6.45) is 1.16. The Morgan fingerprint density at radius 2 is 2.08 bits per heavy atom. The molecular formula is C11H15N. The minimum absolute atomic E-state index is 0.779. The summed E-state index contributed by atoms with van der Waals surface area (Å²) in [4.78, 5) is 0. The van der Waals surface area contributed by atoms with E-state index in [9.17, 15) is 0 Å². The lowest BCUT2D eigenvalue weighted by atomic mass is 9.89. The van der Waals surface area contributed by atoms with Crippen molar-refractivity contribution < 1.29 is 0 Å². The van der Waals surface area contributed by atoms with Gasteiger partial charge in [0, 0.05) is 19.0 Å². The zero-order chi connectivity index (χ0) is 8.39. The van der Waals surface area contributed by atoms with Gasteiger partial charge in [0.25, 0.3) is 0 Å². The summed E-state index contributed by atoms with van der Waals surface area (Å²) in [7, 11) is 0. The van der Waals surface area contributed by atoms with Crippen LogP contribution in [0.25, 0.3) is 0 Å². The smallest absolute Gasteiger partial charge is 0.00912 e. The van der Waals surface area contributed by atoms with Gasteiger partial charge in [0.05, 0.1) is 0 Å². The van der Waals surface area contributed by atoms with Crippen molar-refractivity contribution in [3.05, 3.63) is 35.4 Å². The van der Waals surface area contributed by atoms with Gasteiger partial charge in [-0.15, -0.1) is 0 Å². The fraction of sp³-hybridized carbons (Fsp3) is 0.455. The minimum atomic E-state index is 0.779. The van der Waals surface area contributed by atoms with Crippen molar-refractivity contribution >= 4 is 0 Å². The van der Waals surface area contributed by atoms with Crippen LogP contribution in [-0.4, -0.2) is 13.1 Å². The maximum Gasteiger partial charge on any atom is 0.00912 e. The Hall–Kier alpha value is -0.820. The van der Waals surface area contributed by atoms with Crippen LogP contribution in [0.15, 0.2) is 24.3 Å². The van der Waals surface area contributed by atoms with E-state index in [4.69, 9.17) is 0 Å². The van der Waals surface area contributed by atoms with Gasteiger partial charge in [0.2, 0.25) is 0 Å². The maximum absolute atomic E-state index is 3.31. The van der Waals surface area contributed by atoms with Crippen molar-refractivity contribution in [3.8, 4) is 0 Å². The average Bonchev–Trinajstić information content (AvgIpc) is 2.02. The van der Waals surface area contributed by atoms with E-state index in [0.29, 0.717) is 0 Å². The van der Waals surface area contributed by atoms with Crippen LogP contribution in [0.4, 0.5) is 0 Å². The molecule has 0 amide bonds. The van der Waals surface area contributed by atoms with Crippen molar-refractivity contribution in [2.75, 3.05) is 13.1 Å². The highest BCUT2D eigenvalue weighted by Gasteiger charge is 2.20. The molecule has 1 fully saturated rings. The van der Waals surface area contributed by atoms with Gasteiger partial charge in [0.1, 0.15) is 0 Å². The lowest BCUT2D eigenvalue weighted by Gasteiger charge is -2.29. The lowest BCUT2D eigenvalue weighted by Crippen LogP contribution is -2.40. The maximum atomic E-state index is 3.31. The molecule has 1 aliphatic rings. The van der Waals surface area contributed by atoms with Crippen LogP contribution >= 0.6 is 0 Å². The van der Waals surface area contributed by atoms with E-state index >= 15 is 0 Å². The Bertz CT molecular complexity index is 263. The van der Waals surface area contributed by atoms with Crippen molar-refractivity contribution in [1.82, 2.24) is 5.32 Å². The molecule has 0 aromatic heterocycles. The predicted molar refractivity (Wildman–Crippen MR) is 51.4 cm³/mol. The SMILES string of the molecule is CCc1ccccc1C1CNC1. The highest BCUT2D eigenvalue weighted by molar-refractivity contribution is 5.32. The van der Waals surface area contributed by atoms with Gasteiger partial charge in [-0.05, 0) is 17.5 Å². The minimum Gasteiger partial charge on any atom is -0.315 e. The molecule has 1 heteroatoms. The third-order valence-corrected chi connectivity index (χ3v) is 2.66. The summed E-state index contributed by atoms with van der Waals surface area (Å²) in [5.74, 6) is 0.779.